The van der Waals surface area contributed by atoms with Gasteiger partial charge >= 0.3 is 0 Å². The first-order valence-electron chi connectivity index (χ1n) is 5.39. The molecule has 18 heavy (non-hydrogen) atoms. The maximum Gasteiger partial charge on any atom is 0.141 e. The lowest BCUT2D eigenvalue weighted by molar-refractivity contribution is 0.617. The molecule has 1 N–H and O–H groups in total. The molecule has 1 aromatic heterocycles. The maximum atomic E-state index is 12.8. The highest BCUT2D eigenvalue weighted by molar-refractivity contribution is 14.1. The monoisotopic (exact) mass is 376 g/mol. The van der Waals surface area contributed by atoms with E-state index in [9.17, 15) is 4.39 Å². The average Bonchev–Trinajstić information content (AvgIpc) is 2.33. The van der Waals surface area contributed by atoms with E-state index in [1.165, 1.54) is 12.3 Å². The van der Waals surface area contributed by atoms with Gasteiger partial charge in [-0.2, -0.15) is 0 Å². The summed E-state index contributed by atoms with van der Waals surface area (Å²) in [4.78, 5) is 4.06. The largest absolute Gasteiger partial charge is 0.376 e. The van der Waals surface area contributed by atoms with Crippen LogP contribution in [0.4, 0.5) is 10.1 Å². The Morgan fingerprint density at radius 3 is 2.72 bits per heavy atom. The lowest BCUT2D eigenvalue weighted by Gasteiger charge is -2.16. The van der Waals surface area contributed by atoms with Crippen LogP contribution >= 0.6 is 34.2 Å². The number of halogens is 3. The molecule has 2 aromatic rings. The highest BCUT2D eigenvalue weighted by Crippen LogP contribution is 2.25. The van der Waals surface area contributed by atoms with Crippen LogP contribution < -0.4 is 5.32 Å². The van der Waals surface area contributed by atoms with Crippen LogP contribution in [0.15, 0.2) is 36.5 Å². The molecule has 0 amide bonds. The highest BCUT2D eigenvalue weighted by Gasteiger charge is 2.09. The van der Waals surface area contributed by atoms with Gasteiger partial charge in [-0.15, -0.1) is 0 Å². The summed E-state index contributed by atoms with van der Waals surface area (Å²) in [7, 11) is 0. The molecule has 0 radical (unpaired) electrons. The Bertz CT molecular complexity index is 545. The second-order valence-corrected chi connectivity index (χ2v) is 5.49. The van der Waals surface area contributed by atoms with Crippen molar-refractivity contribution in [2.45, 2.75) is 13.0 Å². The average molecular weight is 377 g/mol. The summed E-state index contributed by atoms with van der Waals surface area (Å²) in [6.45, 7) is 1.98. The molecule has 0 aliphatic heterocycles. The van der Waals surface area contributed by atoms with Crippen molar-refractivity contribution >= 4 is 39.9 Å². The summed E-state index contributed by atoms with van der Waals surface area (Å²) < 4.78 is 13.8. The van der Waals surface area contributed by atoms with Crippen molar-refractivity contribution in [3.63, 3.8) is 0 Å². The Kier molecular flexibility index (Phi) is 4.40. The Balaban J connectivity index is 2.15. The quantitative estimate of drug-likeness (QED) is 0.789. The summed E-state index contributed by atoms with van der Waals surface area (Å²) in [5.41, 5.74) is 1.78. The molecule has 94 valence electrons. The third-order valence-corrected chi connectivity index (χ3v) is 3.62. The van der Waals surface area contributed by atoms with Crippen LogP contribution in [0.5, 0.6) is 0 Å². The molecule has 1 unspecified atom stereocenters. The van der Waals surface area contributed by atoms with Crippen LogP contribution in [0.1, 0.15) is 18.7 Å². The smallest absolute Gasteiger partial charge is 0.141 e. The lowest BCUT2D eigenvalue weighted by atomic mass is 10.2. The summed E-state index contributed by atoms with van der Waals surface area (Å²) in [5.74, 6) is -0.327. The highest BCUT2D eigenvalue weighted by atomic mass is 127. The minimum absolute atomic E-state index is 0.000270. The summed E-state index contributed by atoms with van der Waals surface area (Å²) in [6, 6.07) is 8.72. The van der Waals surface area contributed by atoms with Crippen LogP contribution in [0.2, 0.25) is 5.02 Å². The molecule has 2 rings (SSSR count). The van der Waals surface area contributed by atoms with E-state index >= 15 is 0 Å². The van der Waals surface area contributed by atoms with Gasteiger partial charge in [-0.3, -0.25) is 4.98 Å². The van der Waals surface area contributed by atoms with Crippen LogP contribution in [-0.4, -0.2) is 4.98 Å². The fourth-order valence-corrected chi connectivity index (χ4v) is 2.58. The summed E-state index contributed by atoms with van der Waals surface area (Å²) in [6.07, 6.45) is 1.22. The molecule has 1 heterocycles. The number of hydrogen-bond acceptors (Lipinski definition) is 2. The zero-order valence-corrected chi connectivity index (χ0v) is 12.5. The van der Waals surface area contributed by atoms with Gasteiger partial charge in [-0.25, -0.2) is 4.39 Å². The van der Waals surface area contributed by atoms with Gasteiger partial charge in [0.15, 0.2) is 0 Å². The van der Waals surface area contributed by atoms with Crippen LogP contribution in [-0.2, 0) is 0 Å². The zero-order chi connectivity index (χ0) is 13.1. The number of anilines is 1. The van der Waals surface area contributed by atoms with E-state index in [4.69, 9.17) is 11.6 Å². The van der Waals surface area contributed by atoms with Crippen molar-refractivity contribution in [1.29, 1.82) is 0 Å². The maximum absolute atomic E-state index is 12.8. The molecular formula is C13H11ClFIN2. The molecule has 2 nitrogen and oxygen atoms in total. The predicted molar refractivity (Wildman–Crippen MR) is 80.4 cm³/mol. The van der Waals surface area contributed by atoms with Gasteiger partial charge in [0.05, 0.1) is 17.9 Å². The molecule has 1 atom stereocenters. The topological polar surface area (TPSA) is 24.9 Å². The van der Waals surface area contributed by atoms with E-state index in [0.717, 1.165) is 15.0 Å². The van der Waals surface area contributed by atoms with Crippen LogP contribution in [0, 0.1) is 9.39 Å². The Labute approximate surface area is 124 Å². The summed E-state index contributed by atoms with van der Waals surface area (Å²) >= 11 is 8.12. The van der Waals surface area contributed by atoms with E-state index in [2.05, 4.69) is 32.9 Å². The number of nitrogens with one attached hydrogen (secondary N) is 1. The van der Waals surface area contributed by atoms with Gasteiger partial charge in [0.2, 0.25) is 0 Å². The molecule has 0 aliphatic carbocycles. The van der Waals surface area contributed by atoms with Crippen molar-refractivity contribution in [3.8, 4) is 0 Å². The van der Waals surface area contributed by atoms with Gasteiger partial charge in [-0.1, -0.05) is 11.6 Å². The standard InChI is InChI=1S/C13H11ClFIN2/c1-8(12-5-3-10(15)7-17-12)18-13-4-2-9(14)6-11(13)16/h2-8,18H,1H3. The molecule has 0 saturated carbocycles. The van der Waals surface area contributed by atoms with Crippen molar-refractivity contribution in [3.05, 3.63) is 56.6 Å². The van der Waals surface area contributed by atoms with E-state index in [1.54, 1.807) is 6.07 Å². The first-order valence-corrected chi connectivity index (χ1v) is 6.85. The summed E-state index contributed by atoms with van der Waals surface area (Å²) in [5, 5.41) is 4.03. The Morgan fingerprint density at radius 2 is 2.11 bits per heavy atom. The molecule has 0 bridgehead atoms. The SMILES string of the molecule is CC(Nc1ccc(Cl)cc1I)c1ccc(F)cn1. The first kappa shape index (κ1) is 13.5. The van der Waals surface area contributed by atoms with Crippen molar-refractivity contribution in [2.75, 3.05) is 5.32 Å². The fraction of sp³-hybridized carbons (Fsp3) is 0.154. The Morgan fingerprint density at radius 1 is 1.33 bits per heavy atom. The van der Waals surface area contributed by atoms with E-state index in [0.29, 0.717) is 5.02 Å². The van der Waals surface area contributed by atoms with Gasteiger partial charge in [-0.05, 0) is 59.8 Å². The number of benzene rings is 1. The minimum atomic E-state index is -0.327. The number of pyridine rings is 1. The molecule has 5 heteroatoms. The van der Waals surface area contributed by atoms with Gasteiger partial charge < -0.3 is 5.32 Å². The second-order valence-electron chi connectivity index (χ2n) is 3.89. The lowest BCUT2D eigenvalue weighted by Crippen LogP contribution is -2.09. The number of aromatic nitrogens is 1. The minimum Gasteiger partial charge on any atom is -0.376 e. The molecule has 0 aliphatic rings. The van der Waals surface area contributed by atoms with Gasteiger partial charge in [0.25, 0.3) is 0 Å². The molecular weight excluding hydrogens is 366 g/mol. The van der Waals surface area contributed by atoms with E-state index < -0.39 is 0 Å². The third-order valence-electron chi connectivity index (χ3n) is 2.50. The van der Waals surface area contributed by atoms with Gasteiger partial charge in [0, 0.05) is 14.3 Å². The third kappa shape index (κ3) is 3.32. The molecule has 0 spiro atoms. The molecule has 1 aromatic carbocycles. The first-order chi connectivity index (χ1) is 8.56. The van der Waals surface area contributed by atoms with Crippen LogP contribution in [0.3, 0.4) is 0 Å². The van der Waals surface area contributed by atoms with Gasteiger partial charge in [0.1, 0.15) is 5.82 Å². The molecule has 0 fully saturated rings. The predicted octanol–water partition coefficient (Wildman–Crippen LogP) is 4.65. The Hall–Kier alpha value is -0.880. The normalized spacial score (nSPS) is 12.2. The van der Waals surface area contributed by atoms with Crippen molar-refractivity contribution < 1.29 is 4.39 Å². The number of rotatable bonds is 3. The van der Waals surface area contributed by atoms with Crippen molar-refractivity contribution in [1.82, 2.24) is 4.98 Å². The molecule has 0 saturated heterocycles. The van der Waals surface area contributed by atoms with Crippen molar-refractivity contribution in [2.24, 2.45) is 0 Å². The number of nitrogens with zero attached hydrogens (tertiary/aromatic N) is 1. The zero-order valence-electron chi connectivity index (χ0n) is 9.62. The number of hydrogen-bond donors (Lipinski definition) is 1. The second kappa shape index (κ2) is 5.84. The van der Waals surface area contributed by atoms with E-state index in [-0.39, 0.29) is 11.9 Å². The van der Waals surface area contributed by atoms with Crippen LogP contribution in [0.25, 0.3) is 0 Å². The fourth-order valence-electron chi connectivity index (χ4n) is 1.56. The van der Waals surface area contributed by atoms with E-state index in [1.807, 2.05) is 25.1 Å².